The molecular weight excluding hydrogens is 456 g/mol. The number of aryl methyl sites for hydroxylation is 1. The monoisotopic (exact) mass is 480 g/mol. The summed E-state index contributed by atoms with van der Waals surface area (Å²) in [6.45, 7) is 2.37. The molecule has 0 radical (unpaired) electrons. The third-order valence-corrected chi connectivity index (χ3v) is 6.64. The van der Waals surface area contributed by atoms with Crippen LogP contribution in [0.3, 0.4) is 0 Å². The van der Waals surface area contributed by atoms with Crippen molar-refractivity contribution in [2.45, 2.75) is 32.2 Å². The lowest BCUT2D eigenvalue weighted by Gasteiger charge is -2.34. The molecule has 7 nitrogen and oxygen atoms in total. The summed E-state index contributed by atoms with van der Waals surface area (Å²) in [4.78, 5) is 26.6. The highest BCUT2D eigenvalue weighted by molar-refractivity contribution is 6.32. The molecular formula is C26H25ClN2O5. The molecule has 0 fully saturated rings. The number of nitrogens with one attached hydrogen (secondary N) is 1. The van der Waals surface area contributed by atoms with Crippen LogP contribution >= 0.6 is 11.6 Å². The number of benzene rings is 2. The van der Waals surface area contributed by atoms with Gasteiger partial charge in [0.2, 0.25) is 0 Å². The topological polar surface area (TPSA) is 81.0 Å². The number of urea groups is 1. The van der Waals surface area contributed by atoms with Crippen LogP contribution in [0.4, 0.5) is 4.79 Å². The molecule has 0 spiro atoms. The third-order valence-electron chi connectivity index (χ3n) is 6.35. The molecule has 0 bridgehead atoms. The molecule has 1 aliphatic carbocycles. The predicted molar refractivity (Wildman–Crippen MR) is 129 cm³/mol. The summed E-state index contributed by atoms with van der Waals surface area (Å²) in [5.41, 5.74) is 3.39. The Hall–Kier alpha value is -3.45. The van der Waals surface area contributed by atoms with Gasteiger partial charge in [0.05, 0.1) is 11.6 Å². The fourth-order valence-corrected chi connectivity index (χ4v) is 4.87. The van der Waals surface area contributed by atoms with Crippen LogP contribution in [-0.2, 0) is 17.6 Å². The number of nitrogens with zero attached hydrogens (tertiary/aromatic N) is 1. The minimum atomic E-state index is -0.434. The first-order chi connectivity index (χ1) is 16.5. The van der Waals surface area contributed by atoms with Gasteiger partial charge in [0.15, 0.2) is 0 Å². The summed E-state index contributed by atoms with van der Waals surface area (Å²) in [5, 5.41) is 4.24. The Morgan fingerprint density at radius 1 is 1.12 bits per heavy atom. The first-order valence-corrected chi connectivity index (χ1v) is 11.7. The summed E-state index contributed by atoms with van der Waals surface area (Å²) >= 11 is 6.56. The molecule has 0 unspecified atom stereocenters. The molecule has 1 atom stereocenters. The van der Waals surface area contributed by atoms with Crippen molar-refractivity contribution < 1.29 is 18.7 Å². The van der Waals surface area contributed by atoms with Crippen LogP contribution in [0, 0.1) is 0 Å². The van der Waals surface area contributed by atoms with Gasteiger partial charge in [-0.15, -0.1) is 0 Å². The van der Waals surface area contributed by atoms with Gasteiger partial charge in [-0.1, -0.05) is 41.9 Å². The van der Waals surface area contributed by atoms with E-state index in [0.717, 1.165) is 41.3 Å². The molecule has 2 heterocycles. The minimum Gasteiger partial charge on any atom is -0.494 e. The van der Waals surface area contributed by atoms with Crippen LogP contribution in [0.5, 0.6) is 5.75 Å². The molecule has 3 aromatic rings. The molecule has 5 rings (SSSR count). The highest BCUT2D eigenvalue weighted by Crippen LogP contribution is 2.36. The fourth-order valence-electron chi connectivity index (χ4n) is 4.65. The van der Waals surface area contributed by atoms with Crippen LogP contribution in [-0.4, -0.2) is 31.2 Å². The van der Waals surface area contributed by atoms with E-state index in [9.17, 15) is 9.59 Å². The summed E-state index contributed by atoms with van der Waals surface area (Å²) in [6.07, 6.45) is 2.49. The van der Waals surface area contributed by atoms with Crippen LogP contribution < -0.4 is 15.7 Å². The van der Waals surface area contributed by atoms with Crippen molar-refractivity contribution in [2.75, 3.05) is 20.3 Å². The Labute approximate surface area is 201 Å². The van der Waals surface area contributed by atoms with Crippen molar-refractivity contribution >= 4 is 28.6 Å². The summed E-state index contributed by atoms with van der Waals surface area (Å²) in [6, 6.07) is 12.4. The van der Waals surface area contributed by atoms with E-state index in [1.54, 1.807) is 19.2 Å². The highest BCUT2D eigenvalue weighted by Gasteiger charge is 2.34. The lowest BCUT2D eigenvalue weighted by Crippen LogP contribution is -2.46. The Balaban J connectivity index is 1.51. The average molecular weight is 481 g/mol. The zero-order chi connectivity index (χ0) is 23.8. The largest absolute Gasteiger partial charge is 0.494 e. The zero-order valence-electron chi connectivity index (χ0n) is 19.0. The van der Waals surface area contributed by atoms with Crippen LogP contribution in [0.15, 0.2) is 63.1 Å². The molecule has 0 saturated heterocycles. The number of ether oxygens (including phenoxy) is 2. The normalized spacial score (nSPS) is 17.7. The number of likely N-dealkylation sites (N-methyl/N-ethyl adjacent to an activating group) is 1. The second-order valence-corrected chi connectivity index (χ2v) is 8.77. The van der Waals surface area contributed by atoms with E-state index >= 15 is 0 Å². The summed E-state index contributed by atoms with van der Waals surface area (Å²) in [5.74, 6) is 0.978. The second-order valence-electron chi connectivity index (χ2n) is 8.36. The van der Waals surface area contributed by atoms with E-state index < -0.39 is 6.04 Å². The molecule has 1 N–H and O–H groups in total. The smallest absolute Gasteiger partial charge is 0.339 e. The number of hydrogen-bond acceptors (Lipinski definition) is 5. The number of fused-ring (bicyclic) bond motifs is 3. The Kier molecular flexibility index (Phi) is 5.96. The van der Waals surface area contributed by atoms with Crippen LogP contribution in [0.2, 0.25) is 5.02 Å². The molecule has 34 heavy (non-hydrogen) atoms. The molecule has 0 saturated carbocycles. The quantitative estimate of drug-likeness (QED) is 0.504. The SMILES string of the molecule is CCOC1=C(COc2cc3oc(=O)c4c(c3cc2Cl)CCC4)N(C)C(=O)N[C@H]1c1ccccc1. The third kappa shape index (κ3) is 3.90. The standard InChI is InChI=1S/C26H25ClN2O5/c1-3-32-24-20(29(2)26(31)28-23(24)15-8-5-4-6-9-15)14-33-22-13-21-18(12-19(22)27)16-10-7-11-17(16)25(30)34-21/h4-6,8-9,12-13,23H,3,7,10-11,14H2,1-2H3,(H,28,31)/t23-/m0/s1. The van der Waals surface area contributed by atoms with Crippen LogP contribution in [0.1, 0.15) is 36.1 Å². The van der Waals surface area contributed by atoms with E-state index in [1.807, 2.05) is 37.3 Å². The van der Waals surface area contributed by atoms with Crippen molar-refractivity contribution in [2.24, 2.45) is 0 Å². The van der Waals surface area contributed by atoms with Crippen molar-refractivity contribution in [1.29, 1.82) is 0 Å². The van der Waals surface area contributed by atoms with E-state index in [4.69, 9.17) is 25.5 Å². The van der Waals surface area contributed by atoms with Crippen molar-refractivity contribution in [3.05, 3.63) is 86.1 Å². The Bertz CT molecular complexity index is 1350. The Morgan fingerprint density at radius 3 is 2.65 bits per heavy atom. The number of amides is 2. The van der Waals surface area contributed by atoms with Gasteiger partial charge in [0, 0.05) is 24.1 Å². The first kappa shape index (κ1) is 22.3. The van der Waals surface area contributed by atoms with Gasteiger partial charge in [-0.3, -0.25) is 4.90 Å². The summed E-state index contributed by atoms with van der Waals surface area (Å²) in [7, 11) is 1.67. The maximum Gasteiger partial charge on any atom is 0.339 e. The van der Waals surface area contributed by atoms with E-state index in [-0.39, 0.29) is 18.3 Å². The van der Waals surface area contributed by atoms with Gasteiger partial charge >= 0.3 is 11.7 Å². The van der Waals surface area contributed by atoms with Gasteiger partial charge < -0.3 is 19.2 Å². The fraction of sp³-hybridized carbons (Fsp3) is 0.308. The second kappa shape index (κ2) is 9.06. The number of carbonyl (C=O) groups excluding carboxylic acids is 1. The molecule has 2 aromatic carbocycles. The van der Waals surface area contributed by atoms with Gasteiger partial charge in [-0.25, -0.2) is 9.59 Å². The van der Waals surface area contributed by atoms with Crippen molar-refractivity contribution in [3.8, 4) is 5.75 Å². The number of hydrogen-bond donors (Lipinski definition) is 1. The maximum atomic E-state index is 12.7. The first-order valence-electron chi connectivity index (χ1n) is 11.3. The molecule has 2 amide bonds. The van der Waals surface area contributed by atoms with Crippen LogP contribution in [0.25, 0.3) is 11.0 Å². The maximum absolute atomic E-state index is 12.7. The van der Waals surface area contributed by atoms with E-state index in [0.29, 0.717) is 34.4 Å². The minimum absolute atomic E-state index is 0.0446. The number of rotatable bonds is 6. The number of carbonyl (C=O) groups is 1. The van der Waals surface area contributed by atoms with Gasteiger partial charge in [-0.05, 0) is 43.4 Å². The Morgan fingerprint density at radius 2 is 1.88 bits per heavy atom. The van der Waals surface area contributed by atoms with E-state index in [2.05, 4.69) is 5.32 Å². The predicted octanol–water partition coefficient (Wildman–Crippen LogP) is 4.96. The lowest BCUT2D eigenvalue weighted by molar-refractivity contribution is 0.149. The molecule has 1 aliphatic heterocycles. The molecule has 8 heteroatoms. The highest BCUT2D eigenvalue weighted by atomic mass is 35.5. The summed E-state index contributed by atoms with van der Waals surface area (Å²) < 4.78 is 17.6. The average Bonchev–Trinajstić information content (AvgIpc) is 3.34. The van der Waals surface area contributed by atoms with Gasteiger partial charge in [0.25, 0.3) is 0 Å². The van der Waals surface area contributed by atoms with Gasteiger partial charge in [0.1, 0.15) is 35.4 Å². The zero-order valence-corrected chi connectivity index (χ0v) is 19.8. The number of halogens is 1. The van der Waals surface area contributed by atoms with Crippen molar-refractivity contribution in [3.63, 3.8) is 0 Å². The van der Waals surface area contributed by atoms with E-state index in [1.165, 1.54) is 4.90 Å². The molecule has 176 valence electrons. The van der Waals surface area contributed by atoms with Crippen molar-refractivity contribution in [1.82, 2.24) is 10.2 Å². The molecule has 1 aromatic heterocycles. The molecule has 2 aliphatic rings. The lowest BCUT2D eigenvalue weighted by atomic mass is 10.0. The van der Waals surface area contributed by atoms with Gasteiger partial charge in [-0.2, -0.15) is 0 Å².